The molecule has 6 nitrogen and oxygen atoms in total. The predicted octanol–water partition coefficient (Wildman–Crippen LogP) is 1.00. The normalized spacial score (nSPS) is 24.5. The van der Waals surface area contributed by atoms with E-state index in [0.717, 1.165) is 64.7 Å². The van der Waals surface area contributed by atoms with Gasteiger partial charge < -0.3 is 14.7 Å². The molecule has 3 rings (SSSR count). The van der Waals surface area contributed by atoms with Gasteiger partial charge in [0.2, 0.25) is 17.7 Å². The van der Waals surface area contributed by atoms with E-state index in [9.17, 15) is 14.4 Å². The van der Waals surface area contributed by atoms with Gasteiger partial charge in [0, 0.05) is 45.6 Å². The van der Waals surface area contributed by atoms with Gasteiger partial charge in [0.05, 0.1) is 0 Å². The fourth-order valence-electron chi connectivity index (χ4n) is 3.95. The van der Waals surface area contributed by atoms with E-state index in [2.05, 4.69) is 0 Å². The summed E-state index contributed by atoms with van der Waals surface area (Å²) in [6.07, 6.45) is 6.43. The van der Waals surface area contributed by atoms with Crippen LogP contribution in [0, 0.1) is 0 Å². The lowest BCUT2D eigenvalue weighted by Crippen LogP contribution is -2.47. The Bertz CT molecular complexity index is 468. The van der Waals surface area contributed by atoms with Crippen LogP contribution in [0.5, 0.6) is 0 Å². The first kappa shape index (κ1) is 16.3. The molecule has 0 N–H and O–H groups in total. The molecule has 0 aromatic carbocycles. The van der Waals surface area contributed by atoms with Gasteiger partial charge in [-0.1, -0.05) is 0 Å². The highest BCUT2D eigenvalue weighted by atomic mass is 16.2. The lowest BCUT2D eigenvalue weighted by molar-refractivity contribution is -0.144. The van der Waals surface area contributed by atoms with Crippen molar-refractivity contribution in [3.63, 3.8) is 0 Å². The maximum Gasteiger partial charge on any atom is 0.245 e. The molecule has 0 spiro atoms. The molecule has 0 unspecified atom stereocenters. The molecule has 3 fully saturated rings. The lowest BCUT2D eigenvalue weighted by Gasteiger charge is -2.28. The van der Waals surface area contributed by atoms with Gasteiger partial charge in [0.15, 0.2) is 0 Å². The van der Waals surface area contributed by atoms with Crippen molar-refractivity contribution in [2.75, 3.05) is 32.7 Å². The van der Waals surface area contributed by atoms with Gasteiger partial charge in [-0.25, -0.2) is 0 Å². The van der Waals surface area contributed by atoms with E-state index in [-0.39, 0.29) is 36.6 Å². The third-order valence-electron chi connectivity index (χ3n) is 5.29. The third kappa shape index (κ3) is 3.67. The van der Waals surface area contributed by atoms with Crippen LogP contribution in [0.4, 0.5) is 0 Å². The smallest absolute Gasteiger partial charge is 0.245 e. The minimum absolute atomic E-state index is 0.0346. The zero-order valence-electron chi connectivity index (χ0n) is 13.8. The minimum atomic E-state index is -0.289. The Balaban J connectivity index is 1.51. The second-order valence-electron chi connectivity index (χ2n) is 6.87. The van der Waals surface area contributed by atoms with E-state index in [1.807, 2.05) is 9.80 Å². The van der Waals surface area contributed by atoms with Crippen molar-refractivity contribution in [3.05, 3.63) is 0 Å². The molecule has 0 bridgehead atoms. The molecule has 23 heavy (non-hydrogen) atoms. The summed E-state index contributed by atoms with van der Waals surface area (Å²) in [4.78, 5) is 42.6. The number of rotatable bonds is 4. The number of nitrogens with zero attached hydrogens (tertiary/aromatic N) is 3. The van der Waals surface area contributed by atoms with Gasteiger partial charge in [-0.05, 0) is 38.5 Å². The van der Waals surface area contributed by atoms with Crippen LogP contribution in [-0.4, -0.2) is 71.2 Å². The van der Waals surface area contributed by atoms with Gasteiger partial charge in [0.1, 0.15) is 6.04 Å². The van der Waals surface area contributed by atoms with Crippen molar-refractivity contribution in [2.45, 2.75) is 57.4 Å². The highest BCUT2D eigenvalue weighted by Gasteiger charge is 2.37. The Hall–Kier alpha value is -1.59. The first-order valence-electron chi connectivity index (χ1n) is 9.03. The van der Waals surface area contributed by atoms with E-state index in [4.69, 9.17) is 0 Å². The van der Waals surface area contributed by atoms with Crippen molar-refractivity contribution in [2.24, 2.45) is 0 Å². The standard InChI is InChI=1S/C17H27N3O3/c21-15(18-9-1-2-10-18)7-8-16(22)20-13-5-6-14(20)17(23)19-11-3-4-12-19/h14H,1-13H2/t14-/m0/s1. The first-order valence-corrected chi connectivity index (χ1v) is 9.03. The SMILES string of the molecule is O=C(CCC(=O)N1CCC[C@H]1C(=O)N1CCCC1)N1CCCC1. The molecule has 1 atom stereocenters. The zero-order chi connectivity index (χ0) is 16.2. The topological polar surface area (TPSA) is 60.9 Å². The Labute approximate surface area is 137 Å². The average molecular weight is 321 g/mol. The van der Waals surface area contributed by atoms with Crippen LogP contribution in [0.2, 0.25) is 0 Å². The highest BCUT2D eigenvalue weighted by molar-refractivity contribution is 5.90. The molecule has 128 valence electrons. The Morgan fingerprint density at radius 3 is 1.91 bits per heavy atom. The molecule has 0 radical (unpaired) electrons. The molecule has 3 saturated heterocycles. The summed E-state index contributed by atoms with van der Waals surface area (Å²) < 4.78 is 0. The number of hydrogen-bond donors (Lipinski definition) is 0. The van der Waals surface area contributed by atoms with E-state index < -0.39 is 0 Å². The number of likely N-dealkylation sites (tertiary alicyclic amines) is 3. The minimum Gasteiger partial charge on any atom is -0.343 e. The molecule has 0 saturated carbocycles. The van der Waals surface area contributed by atoms with Crippen LogP contribution >= 0.6 is 0 Å². The van der Waals surface area contributed by atoms with E-state index in [1.165, 1.54) is 0 Å². The monoisotopic (exact) mass is 321 g/mol. The molecule has 3 amide bonds. The van der Waals surface area contributed by atoms with Crippen LogP contribution in [-0.2, 0) is 14.4 Å². The summed E-state index contributed by atoms with van der Waals surface area (Å²) in [7, 11) is 0. The van der Waals surface area contributed by atoms with Gasteiger partial charge in [0.25, 0.3) is 0 Å². The maximum absolute atomic E-state index is 12.6. The summed E-state index contributed by atoms with van der Waals surface area (Å²) in [5.41, 5.74) is 0. The van der Waals surface area contributed by atoms with Crippen molar-refractivity contribution >= 4 is 17.7 Å². The fraction of sp³-hybridized carbons (Fsp3) is 0.824. The van der Waals surface area contributed by atoms with Crippen molar-refractivity contribution in [3.8, 4) is 0 Å². The summed E-state index contributed by atoms with van der Waals surface area (Å²) in [5.74, 6) is 0.157. The van der Waals surface area contributed by atoms with Crippen LogP contribution in [0.3, 0.4) is 0 Å². The van der Waals surface area contributed by atoms with E-state index in [0.29, 0.717) is 6.54 Å². The number of carbonyl (C=O) groups is 3. The maximum atomic E-state index is 12.6. The summed E-state index contributed by atoms with van der Waals surface area (Å²) in [5, 5.41) is 0. The van der Waals surface area contributed by atoms with Gasteiger partial charge in [-0.3, -0.25) is 14.4 Å². The summed E-state index contributed by atoms with van der Waals surface area (Å²) in [6, 6.07) is -0.289. The molecule has 6 heteroatoms. The molecular weight excluding hydrogens is 294 g/mol. The average Bonchev–Trinajstić information content (AvgIpc) is 3.33. The van der Waals surface area contributed by atoms with E-state index in [1.54, 1.807) is 4.90 Å². The Kier molecular flexibility index (Phi) is 5.18. The van der Waals surface area contributed by atoms with Gasteiger partial charge in [-0.15, -0.1) is 0 Å². The zero-order valence-corrected chi connectivity index (χ0v) is 13.8. The molecule has 3 aliphatic rings. The second-order valence-corrected chi connectivity index (χ2v) is 6.87. The molecular formula is C17H27N3O3. The summed E-state index contributed by atoms with van der Waals surface area (Å²) in [6.45, 7) is 3.95. The number of carbonyl (C=O) groups excluding carboxylic acids is 3. The van der Waals surface area contributed by atoms with Crippen molar-refractivity contribution in [1.82, 2.24) is 14.7 Å². The summed E-state index contributed by atoms with van der Waals surface area (Å²) >= 11 is 0. The van der Waals surface area contributed by atoms with Crippen LogP contribution in [0.1, 0.15) is 51.4 Å². The van der Waals surface area contributed by atoms with Gasteiger partial charge >= 0.3 is 0 Å². The first-order chi connectivity index (χ1) is 11.2. The Morgan fingerprint density at radius 1 is 0.696 bits per heavy atom. The van der Waals surface area contributed by atoms with Crippen LogP contribution in [0.15, 0.2) is 0 Å². The number of amides is 3. The Morgan fingerprint density at radius 2 is 1.26 bits per heavy atom. The number of hydrogen-bond acceptors (Lipinski definition) is 3. The second kappa shape index (κ2) is 7.32. The highest BCUT2D eigenvalue weighted by Crippen LogP contribution is 2.23. The van der Waals surface area contributed by atoms with Crippen LogP contribution in [0.25, 0.3) is 0 Å². The third-order valence-corrected chi connectivity index (χ3v) is 5.29. The van der Waals surface area contributed by atoms with Crippen molar-refractivity contribution < 1.29 is 14.4 Å². The van der Waals surface area contributed by atoms with Crippen molar-refractivity contribution in [1.29, 1.82) is 0 Å². The molecule has 3 aliphatic heterocycles. The molecule has 0 aromatic heterocycles. The molecule has 0 aliphatic carbocycles. The lowest BCUT2D eigenvalue weighted by atomic mass is 10.1. The van der Waals surface area contributed by atoms with Gasteiger partial charge in [-0.2, -0.15) is 0 Å². The quantitative estimate of drug-likeness (QED) is 0.776. The van der Waals surface area contributed by atoms with E-state index >= 15 is 0 Å². The molecule has 0 aromatic rings. The molecule has 3 heterocycles. The predicted molar refractivity (Wildman–Crippen MR) is 85.6 cm³/mol. The van der Waals surface area contributed by atoms with Crippen LogP contribution < -0.4 is 0 Å². The fourth-order valence-corrected chi connectivity index (χ4v) is 3.95. The largest absolute Gasteiger partial charge is 0.343 e.